The fraction of sp³-hybridized carbons (Fsp3) is 0.394. The van der Waals surface area contributed by atoms with Crippen molar-refractivity contribution in [3.05, 3.63) is 95.1 Å². The molecule has 1 saturated heterocycles. The van der Waals surface area contributed by atoms with E-state index in [0.29, 0.717) is 18.7 Å². The Bertz CT molecular complexity index is 1320. The Balaban J connectivity index is 1.50. The standard InChI is InChI=1S/C33H39NO7S/c1-22-29(21-42-16-15-35)40-33(41-32(22)25-13-11-23(20-36)12-14-25)28-8-3-7-27(18-28)26-6-2-5-24(17-26)19-34-30(37)9-4-10-31(38)39/h2-3,5-8,11-14,17-18,22,29,32-33,35-36H,4,9-10,15-16,19-21H2,1H3,(H,34,37)(H,38,39)/t22-,29+,32+,33+/m1/s1. The van der Waals surface area contributed by atoms with Gasteiger partial charge in [-0.1, -0.05) is 67.6 Å². The molecule has 4 N–H and O–H groups in total. The summed E-state index contributed by atoms with van der Waals surface area (Å²) in [5.74, 6) is 0.377. The first-order valence-corrected chi connectivity index (χ1v) is 15.4. The van der Waals surface area contributed by atoms with E-state index in [4.69, 9.17) is 14.6 Å². The molecular formula is C33H39NO7S. The van der Waals surface area contributed by atoms with Gasteiger partial charge >= 0.3 is 5.97 Å². The molecule has 1 amide bonds. The molecule has 3 aromatic rings. The molecule has 0 aliphatic carbocycles. The summed E-state index contributed by atoms with van der Waals surface area (Å²) >= 11 is 1.66. The normalized spacial score (nSPS) is 20.3. The SMILES string of the molecule is C[C@@H]1[C@H](CSCCO)O[C@H](c2cccc(-c3cccc(CNC(=O)CCCC(=O)O)c3)c2)O[C@@H]1c1ccc(CO)cc1. The van der Waals surface area contributed by atoms with Crippen molar-refractivity contribution in [2.45, 2.75) is 57.8 Å². The van der Waals surface area contributed by atoms with Gasteiger partial charge in [-0.2, -0.15) is 11.8 Å². The molecule has 0 spiro atoms. The fourth-order valence-electron chi connectivity index (χ4n) is 4.99. The minimum atomic E-state index is -0.903. The van der Waals surface area contributed by atoms with Crippen LogP contribution < -0.4 is 5.32 Å². The maximum atomic E-state index is 12.1. The lowest BCUT2D eigenvalue weighted by Crippen LogP contribution is -2.38. The quantitative estimate of drug-likeness (QED) is 0.187. The van der Waals surface area contributed by atoms with Gasteiger partial charge < -0.3 is 30.1 Å². The first-order chi connectivity index (χ1) is 20.4. The maximum Gasteiger partial charge on any atom is 0.303 e. The number of amides is 1. The van der Waals surface area contributed by atoms with Gasteiger partial charge in [0.15, 0.2) is 6.29 Å². The number of thioether (sulfide) groups is 1. The molecule has 1 aliphatic heterocycles. The third-order valence-electron chi connectivity index (χ3n) is 7.34. The summed E-state index contributed by atoms with van der Waals surface area (Å²) < 4.78 is 13.1. The molecule has 1 aliphatic rings. The summed E-state index contributed by atoms with van der Waals surface area (Å²) in [6.45, 7) is 2.59. The van der Waals surface area contributed by atoms with E-state index in [-0.39, 0.29) is 50.1 Å². The summed E-state index contributed by atoms with van der Waals surface area (Å²) in [6.07, 6.45) is -0.410. The molecule has 0 unspecified atom stereocenters. The summed E-state index contributed by atoms with van der Waals surface area (Å²) in [7, 11) is 0. The Labute approximate surface area is 251 Å². The van der Waals surface area contributed by atoms with Crippen LogP contribution in [0.15, 0.2) is 72.8 Å². The molecular weight excluding hydrogens is 554 g/mol. The minimum Gasteiger partial charge on any atom is -0.481 e. The van der Waals surface area contributed by atoms with Crippen LogP contribution in [-0.4, -0.2) is 51.4 Å². The summed E-state index contributed by atoms with van der Waals surface area (Å²) in [6, 6.07) is 23.8. The van der Waals surface area contributed by atoms with Crippen molar-refractivity contribution >= 4 is 23.6 Å². The molecule has 9 heteroatoms. The third-order valence-corrected chi connectivity index (χ3v) is 8.38. The highest BCUT2D eigenvalue weighted by atomic mass is 32.2. The number of aliphatic hydroxyl groups is 2. The number of ether oxygens (including phenoxy) is 2. The van der Waals surface area contributed by atoms with Gasteiger partial charge in [0.2, 0.25) is 5.91 Å². The van der Waals surface area contributed by atoms with Gasteiger partial charge in [0, 0.05) is 42.4 Å². The number of hydrogen-bond donors (Lipinski definition) is 4. The predicted molar refractivity (Wildman–Crippen MR) is 163 cm³/mol. The summed E-state index contributed by atoms with van der Waals surface area (Å²) in [5, 5.41) is 30.4. The van der Waals surface area contributed by atoms with E-state index in [1.807, 2.05) is 66.7 Å². The highest BCUT2D eigenvalue weighted by Crippen LogP contribution is 2.43. The second kappa shape index (κ2) is 15.9. The number of nitrogens with one attached hydrogen (secondary N) is 1. The lowest BCUT2D eigenvalue weighted by Gasteiger charge is -2.41. The smallest absolute Gasteiger partial charge is 0.303 e. The van der Waals surface area contributed by atoms with Crippen molar-refractivity contribution in [2.75, 3.05) is 18.1 Å². The second-order valence-corrected chi connectivity index (χ2v) is 11.6. The number of carbonyl (C=O) groups excluding carboxylic acids is 1. The number of carboxylic acids is 1. The highest BCUT2D eigenvalue weighted by molar-refractivity contribution is 7.99. The van der Waals surface area contributed by atoms with Crippen molar-refractivity contribution in [1.29, 1.82) is 0 Å². The number of benzene rings is 3. The van der Waals surface area contributed by atoms with Gasteiger partial charge in [0.1, 0.15) is 0 Å². The largest absolute Gasteiger partial charge is 0.481 e. The van der Waals surface area contributed by atoms with Gasteiger partial charge in [-0.3, -0.25) is 9.59 Å². The third kappa shape index (κ3) is 8.89. The van der Waals surface area contributed by atoms with Gasteiger partial charge in [-0.15, -0.1) is 0 Å². The molecule has 1 heterocycles. The van der Waals surface area contributed by atoms with Crippen molar-refractivity contribution in [3.63, 3.8) is 0 Å². The van der Waals surface area contributed by atoms with Crippen LogP contribution in [-0.2, 0) is 32.2 Å². The number of carboxylic acid groups (broad SMARTS) is 1. The van der Waals surface area contributed by atoms with Crippen molar-refractivity contribution in [3.8, 4) is 11.1 Å². The van der Waals surface area contributed by atoms with Crippen LogP contribution in [0.5, 0.6) is 0 Å². The van der Waals surface area contributed by atoms with Crippen molar-refractivity contribution < 1.29 is 34.4 Å². The lowest BCUT2D eigenvalue weighted by atomic mass is 9.91. The Morgan fingerprint density at radius 1 is 0.881 bits per heavy atom. The predicted octanol–water partition coefficient (Wildman–Crippen LogP) is 5.23. The van der Waals surface area contributed by atoms with E-state index in [0.717, 1.165) is 39.1 Å². The number of hydrogen-bond acceptors (Lipinski definition) is 7. The zero-order chi connectivity index (χ0) is 29.9. The van der Waals surface area contributed by atoms with Crippen LogP contribution in [0, 0.1) is 5.92 Å². The zero-order valence-electron chi connectivity index (χ0n) is 23.8. The van der Waals surface area contributed by atoms with E-state index < -0.39 is 12.3 Å². The molecule has 4 atom stereocenters. The topological polar surface area (TPSA) is 125 Å². The number of aliphatic carboxylic acids is 1. The minimum absolute atomic E-state index is 0.0132. The molecule has 3 aromatic carbocycles. The second-order valence-electron chi connectivity index (χ2n) is 10.5. The van der Waals surface area contributed by atoms with Crippen molar-refractivity contribution in [1.82, 2.24) is 5.32 Å². The van der Waals surface area contributed by atoms with Crippen LogP contribution in [0.2, 0.25) is 0 Å². The average molecular weight is 594 g/mol. The van der Waals surface area contributed by atoms with Crippen molar-refractivity contribution in [2.24, 2.45) is 5.92 Å². The maximum absolute atomic E-state index is 12.1. The fourth-order valence-corrected chi connectivity index (χ4v) is 5.90. The molecule has 0 saturated carbocycles. The van der Waals surface area contributed by atoms with E-state index in [2.05, 4.69) is 18.3 Å². The van der Waals surface area contributed by atoms with E-state index in [9.17, 15) is 19.8 Å². The van der Waals surface area contributed by atoms with Crippen LogP contribution in [0.25, 0.3) is 11.1 Å². The Hall–Kier alpha value is -3.21. The molecule has 0 radical (unpaired) electrons. The van der Waals surface area contributed by atoms with E-state index >= 15 is 0 Å². The van der Waals surface area contributed by atoms with Crippen LogP contribution in [0.4, 0.5) is 0 Å². The molecule has 0 aromatic heterocycles. The first-order valence-electron chi connectivity index (χ1n) is 14.2. The van der Waals surface area contributed by atoms with E-state index in [1.165, 1.54) is 0 Å². The van der Waals surface area contributed by atoms with Crippen LogP contribution in [0.3, 0.4) is 0 Å². The highest BCUT2D eigenvalue weighted by Gasteiger charge is 2.38. The monoisotopic (exact) mass is 593 g/mol. The average Bonchev–Trinajstić information content (AvgIpc) is 3.01. The van der Waals surface area contributed by atoms with Crippen LogP contribution >= 0.6 is 11.8 Å². The van der Waals surface area contributed by atoms with E-state index in [1.54, 1.807) is 11.8 Å². The summed E-state index contributed by atoms with van der Waals surface area (Å²) in [5.41, 5.74) is 5.69. The van der Waals surface area contributed by atoms with Gasteiger partial charge in [-0.05, 0) is 46.4 Å². The number of carbonyl (C=O) groups is 2. The first kappa shape index (κ1) is 31.7. The molecule has 224 valence electrons. The molecule has 1 fully saturated rings. The Morgan fingerprint density at radius 2 is 1.62 bits per heavy atom. The zero-order valence-corrected chi connectivity index (χ0v) is 24.6. The Kier molecular flexibility index (Phi) is 12.0. The van der Waals surface area contributed by atoms with Gasteiger partial charge in [-0.25, -0.2) is 0 Å². The summed E-state index contributed by atoms with van der Waals surface area (Å²) in [4.78, 5) is 22.8. The van der Waals surface area contributed by atoms with Gasteiger partial charge in [0.05, 0.1) is 25.4 Å². The van der Waals surface area contributed by atoms with Crippen LogP contribution in [0.1, 0.15) is 60.8 Å². The number of rotatable bonds is 14. The molecule has 4 rings (SSSR count). The Morgan fingerprint density at radius 3 is 2.33 bits per heavy atom. The lowest BCUT2D eigenvalue weighted by molar-refractivity contribution is -0.268. The molecule has 8 nitrogen and oxygen atoms in total. The molecule has 42 heavy (non-hydrogen) atoms. The molecule has 0 bridgehead atoms. The van der Waals surface area contributed by atoms with Gasteiger partial charge in [0.25, 0.3) is 0 Å². The number of aliphatic hydroxyl groups excluding tert-OH is 2.